The van der Waals surface area contributed by atoms with Crippen LogP contribution in [0.25, 0.3) is 5.13 Å². The summed E-state index contributed by atoms with van der Waals surface area (Å²) in [6, 6.07) is 4.67. The summed E-state index contributed by atoms with van der Waals surface area (Å²) in [7, 11) is 2.97. The third-order valence-electron chi connectivity index (χ3n) is 6.72. The molecule has 1 unspecified atom stereocenters. The van der Waals surface area contributed by atoms with Crippen molar-refractivity contribution in [1.82, 2.24) is 20.0 Å². The van der Waals surface area contributed by atoms with E-state index in [9.17, 15) is 9.59 Å². The van der Waals surface area contributed by atoms with Gasteiger partial charge in [0.25, 0.3) is 5.91 Å². The second-order valence-corrected chi connectivity index (χ2v) is 12.2. The Hall–Kier alpha value is -2.99. The van der Waals surface area contributed by atoms with Crippen molar-refractivity contribution in [3.05, 3.63) is 40.2 Å². The minimum atomic E-state index is -0.689. The highest BCUT2D eigenvalue weighted by atomic mass is 32.1. The van der Waals surface area contributed by atoms with Crippen molar-refractivity contribution >= 4 is 37.6 Å². The van der Waals surface area contributed by atoms with E-state index in [1.54, 1.807) is 16.9 Å². The zero-order chi connectivity index (χ0) is 23.8. The quantitative estimate of drug-likeness (QED) is 0.526. The van der Waals surface area contributed by atoms with Gasteiger partial charge >= 0.3 is 5.63 Å². The van der Waals surface area contributed by atoms with Gasteiger partial charge in [0.15, 0.2) is 5.76 Å². The van der Waals surface area contributed by atoms with Crippen LogP contribution in [0.1, 0.15) is 42.9 Å². The lowest BCUT2D eigenvalue weighted by atomic mass is 9.95. The molecule has 3 aromatic heterocycles. The van der Waals surface area contributed by atoms with Crippen LogP contribution in [0, 0.1) is 12.8 Å². The molecule has 0 aromatic carbocycles. The van der Waals surface area contributed by atoms with E-state index >= 15 is 0 Å². The highest BCUT2D eigenvalue weighted by Gasteiger charge is 2.39. The van der Waals surface area contributed by atoms with Gasteiger partial charge < -0.3 is 14.1 Å². The molecular weight excluding hydrogens is 460 g/mol. The molecule has 4 rings (SSSR count). The summed E-state index contributed by atoms with van der Waals surface area (Å²) in [5.74, 6) is -0.107. The number of anilines is 2. The maximum absolute atomic E-state index is 12.9. The fourth-order valence-electron chi connectivity index (χ4n) is 4.36. The summed E-state index contributed by atoms with van der Waals surface area (Å²) in [4.78, 5) is 27.8. The molecule has 3 aromatic rings. The molecule has 0 radical (unpaired) electrons. The number of hydrogen-bond acceptors (Lipinski definition) is 9. The number of aromatic nitrogens is 4. The smallest absolute Gasteiger partial charge is 0.381 e. The lowest BCUT2D eigenvalue weighted by Crippen LogP contribution is -2.56. The maximum Gasteiger partial charge on any atom is 0.381 e. The number of carbonyl (C=O) groups excluding carboxylic acids is 1. The van der Waals surface area contributed by atoms with Crippen LogP contribution in [-0.4, -0.2) is 54.7 Å². The fraction of sp³-hybridized carbons (Fsp3) is 0.476. The van der Waals surface area contributed by atoms with E-state index in [-0.39, 0.29) is 21.8 Å². The summed E-state index contributed by atoms with van der Waals surface area (Å²) in [5, 5.41) is 15.7. The number of ether oxygens (including phenoxy) is 1. The first-order valence-electron chi connectivity index (χ1n) is 10.9. The van der Waals surface area contributed by atoms with Crippen molar-refractivity contribution in [2.45, 2.75) is 44.8 Å². The van der Waals surface area contributed by atoms with E-state index in [1.165, 1.54) is 30.9 Å². The van der Waals surface area contributed by atoms with Crippen molar-refractivity contribution in [2.75, 3.05) is 24.4 Å². The lowest BCUT2D eigenvalue weighted by Gasteiger charge is -2.47. The Morgan fingerprint density at radius 2 is 2.24 bits per heavy atom. The molecule has 1 saturated heterocycles. The Morgan fingerprint density at radius 3 is 2.91 bits per heavy atom. The van der Waals surface area contributed by atoms with E-state index in [0.717, 1.165) is 12.1 Å². The van der Waals surface area contributed by atoms with Gasteiger partial charge in [-0.3, -0.25) is 10.1 Å². The molecule has 1 fully saturated rings. The Bertz CT molecular complexity index is 1220. The molecule has 1 N–H and O–H groups in total. The molecule has 1 aliphatic rings. The van der Waals surface area contributed by atoms with E-state index in [2.05, 4.69) is 39.4 Å². The van der Waals surface area contributed by atoms with Crippen LogP contribution < -0.4 is 20.6 Å². The SMILES string of the molecule is COc1c(N(C)C2(C)[SiH2]CCC[C@H]2C)cc(C(=O)Nc2nnc(-n3nccc3C)s2)oc1=O. The topological polar surface area (TPSA) is 115 Å². The summed E-state index contributed by atoms with van der Waals surface area (Å²) in [6.45, 7) is 6.40. The minimum absolute atomic E-state index is 0.0389. The van der Waals surface area contributed by atoms with Crippen LogP contribution in [0.4, 0.5) is 10.8 Å². The van der Waals surface area contributed by atoms with E-state index in [1.807, 2.05) is 20.0 Å². The van der Waals surface area contributed by atoms with Gasteiger partial charge in [-0.15, -0.1) is 10.2 Å². The van der Waals surface area contributed by atoms with Crippen LogP contribution in [-0.2, 0) is 0 Å². The lowest BCUT2D eigenvalue weighted by molar-refractivity contribution is 0.0991. The molecular formula is C21H28N6O4SSi. The number of aryl methyl sites for hydroxylation is 1. The second-order valence-electron chi connectivity index (χ2n) is 8.61. The summed E-state index contributed by atoms with van der Waals surface area (Å²) in [5.41, 5.74) is 0.769. The number of amides is 1. The Labute approximate surface area is 197 Å². The number of rotatable bonds is 6. The number of hydrogen-bond donors (Lipinski definition) is 1. The fourth-order valence-corrected chi connectivity index (χ4v) is 7.58. The van der Waals surface area contributed by atoms with Gasteiger partial charge in [0, 0.05) is 30.2 Å². The summed E-state index contributed by atoms with van der Waals surface area (Å²) >= 11 is 1.17. The highest BCUT2D eigenvalue weighted by Crippen LogP contribution is 2.38. The Kier molecular flexibility index (Phi) is 6.39. The molecule has 4 heterocycles. The van der Waals surface area contributed by atoms with Crippen LogP contribution in [0.3, 0.4) is 0 Å². The van der Waals surface area contributed by atoms with Crippen LogP contribution in [0.15, 0.2) is 27.5 Å². The first-order chi connectivity index (χ1) is 15.7. The van der Waals surface area contributed by atoms with Gasteiger partial charge in [-0.1, -0.05) is 30.7 Å². The third-order valence-corrected chi connectivity index (χ3v) is 10.6. The normalized spacial score (nSPS) is 21.2. The molecule has 0 bridgehead atoms. The van der Waals surface area contributed by atoms with Crippen molar-refractivity contribution in [3.8, 4) is 10.9 Å². The molecule has 12 heteroatoms. The largest absolute Gasteiger partial charge is 0.488 e. The molecule has 176 valence electrons. The monoisotopic (exact) mass is 488 g/mol. The molecule has 0 aliphatic carbocycles. The van der Waals surface area contributed by atoms with Crippen molar-refractivity contribution < 1.29 is 13.9 Å². The molecule has 1 amide bonds. The average molecular weight is 489 g/mol. The molecule has 2 atom stereocenters. The third kappa shape index (κ3) is 4.32. The zero-order valence-electron chi connectivity index (χ0n) is 19.4. The number of carbonyl (C=O) groups is 1. The van der Waals surface area contributed by atoms with Crippen molar-refractivity contribution in [1.29, 1.82) is 0 Å². The predicted octanol–water partition coefficient (Wildman–Crippen LogP) is 2.42. The van der Waals surface area contributed by atoms with Crippen molar-refractivity contribution in [2.24, 2.45) is 5.92 Å². The standard InChI is InChI=1S/C21H28N6O4SSi/c1-12-7-6-10-33-21(12,3)26(4)14-11-15(31-18(29)16(14)30-5)17(28)23-19-24-25-20(32-19)27-13(2)8-9-22-27/h8-9,11-12H,6-7,10,33H2,1-5H3,(H,23,24,28)/t12-,21?/m1/s1. The molecule has 33 heavy (non-hydrogen) atoms. The van der Waals surface area contributed by atoms with Crippen LogP contribution in [0.2, 0.25) is 6.04 Å². The first-order valence-corrected chi connectivity index (χ1v) is 13.4. The Balaban J connectivity index is 1.63. The molecule has 0 spiro atoms. The molecule has 1 aliphatic heterocycles. The molecule has 0 saturated carbocycles. The predicted molar refractivity (Wildman–Crippen MR) is 130 cm³/mol. The second kappa shape index (κ2) is 9.10. The Morgan fingerprint density at radius 1 is 1.45 bits per heavy atom. The highest BCUT2D eigenvalue weighted by molar-refractivity contribution is 7.17. The van der Waals surface area contributed by atoms with Crippen LogP contribution >= 0.6 is 11.3 Å². The van der Waals surface area contributed by atoms with Gasteiger partial charge in [0.2, 0.25) is 16.0 Å². The number of nitrogens with zero attached hydrogens (tertiary/aromatic N) is 5. The number of nitrogens with one attached hydrogen (secondary N) is 1. The summed E-state index contributed by atoms with van der Waals surface area (Å²) in [6.07, 6.45) is 4.05. The summed E-state index contributed by atoms with van der Waals surface area (Å²) < 4.78 is 12.3. The maximum atomic E-state index is 12.9. The van der Waals surface area contributed by atoms with E-state index in [4.69, 9.17) is 9.15 Å². The van der Waals surface area contributed by atoms with Gasteiger partial charge in [-0.05, 0) is 32.3 Å². The van der Waals surface area contributed by atoms with Gasteiger partial charge in [-0.2, -0.15) is 5.10 Å². The van der Waals surface area contributed by atoms with Crippen molar-refractivity contribution in [3.63, 3.8) is 0 Å². The number of methoxy groups -OCH3 is 1. The molecule has 10 nitrogen and oxygen atoms in total. The van der Waals surface area contributed by atoms with Gasteiger partial charge in [-0.25, -0.2) is 9.48 Å². The first kappa shape index (κ1) is 23.2. The average Bonchev–Trinajstić information content (AvgIpc) is 3.43. The van der Waals surface area contributed by atoms with Gasteiger partial charge in [0.05, 0.1) is 22.3 Å². The zero-order valence-corrected chi connectivity index (χ0v) is 21.6. The van der Waals surface area contributed by atoms with E-state index < -0.39 is 21.1 Å². The van der Waals surface area contributed by atoms with Crippen LogP contribution in [0.5, 0.6) is 5.75 Å². The minimum Gasteiger partial charge on any atom is -0.488 e. The van der Waals surface area contributed by atoms with Gasteiger partial charge in [0.1, 0.15) is 0 Å². The van der Waals surface area contributed by atoms with E-state index in [0.29, 0.717) is 16.7 Å².